The van der Waals surface area contributed by atoms with Crippen LogP contribution in [0.3, 0.4) is 0 Å². The molecule has 0 N–H and O–H groups in total. The molecule has 1 aromatic heterocycles. The first-order chi connectivity index (χ1) is 12.0. The van der Waals surface area contributed by atoms with Crippen molar-refractivity contribution in [1.29, 1.82) is 0 Å². The van der Waals surface area contributed by atoms with E-state index in [9.17, 15) is 4.79 Å². The number of hydrogen-bond acceptors (Lipinski definition) is 5. The quantitative estimate of drug-likeness (QED) is 0.819. The zero-order valence-corrected chi connectivity index (χ0v) is 15.9. The minimum Gasteiger partial charge on any atom is -0.497 e. The van der Waals surface area contributed by atoms with Crippen molar-refractivity contribution in [1.82, 2.24) is 9.88 Å². The number of benzene rings is 1. The molecule has 0 radical (unpaired) electrons. The Balaban J connectivity index is 1.64. The third-order valence-electron chi connectivity index (χ3n) is 4.37. The first kappa shape index (κ1) is 17.7. The summed E-state index contributed by atoms with van der Waals surface area (Å²) in [5.41, 5.74) is 2.00. The van der Waals surface area contributed by atoms with E-state index in [4.69, 9.17) is 9.47 Å². The lowest BCUT2D eigenvalue weighted by Gasteiger charge is -2.28. The molecule has 3 rings (SSSR count). The number of thiazole rings is 1. The summed E-state index contributed by atoms with van der Waals surface area (Å²) in [7, 11) is 3.47. The molecule has 1 aromatic carbocycles. The Hall–Kier alpha value is -2.08. The Morgan fingerprint density at radius 2 is 2.28 bits per heavy atom. The average Bonchev–Trinajstić information content (AvgIpc) is 3.08. The van der Waals surface area contributed by atoms with Crippen LogP contribution in [-0.4, -0.2) is 36.6 Å². The van der Waals surface area contributed by atoms with Crippen molar-refractivity contribution >= 4 is 17.2 Å². The largest absolute Gasteiger partial charge is 0.497 e. The van der Waals surface area contributed by atoms with Crippen molar-refractivity contribution in [3.8, 4) is 11.5 Å². The van der Waals surface area contributed by atoms with Gasteiger partial charge in [-0.05, 0) is 18.1 Å². The lowest BCUT2D eigenvalue weighted by atomic mass is 9.95. The van der Waals surface area contributed by atoms with E-state index in [1.807, 2.05) is 30.6 Å². The topological polar surface area (TPSA) is 51.7 Å². The molecule has 1 aliphatic rings. The molecule has 0 bridgehead atoms. The molecule has 0 unspecified atom stereocenters. The summed E-state index contributed by atoms with van der Waals surface area (Å²) in [4.78, 5) is 19.1. The van der Waals surface area contributed by atoms with Gasteiger partial charge in [-0.15, -0.1) is 11.3 Å². The first-order valence-electron chi connectivity index (χ1n) is 8.47. The second-order valence-corrected chi connectivity index (χ2v) is 7.60. The smallest absolute Gasteiger partial charge is 0.229 e. The third-order valence-corrected chi connectivity index (χ3v) is 5.56. The molecule has 5 nitrogen and oxygen atoms in total. The molecule has 1 aliphatic heterocycles. The summed E-state index contributed by atoms with van der Waals surface area (Å²) in [5, 5.41) is 3.15. The van der Waals surface area contributed by atoms with Gasteiger partial charge in [-0.1, -0.05) is 19.9 Å². The van der Waals surface area contributed by atoms with Gasteiger partial charge in [-0.2, -0.15) is 0 Å². The van der Waals surface area contributed by atoms with Crippen molar-refractivity contribution in [2.75, 3.05) is 20.8 Å². The highest BCUT2D eigenvalue weighted by Gasteiger charge is 2.28. The Morgan fingerprint density at radius 3 is 2.96 bits per heavy atom. The first-order valence-corrected chi connectivity index (χ1v) is 9.35. The van der Waals surface area contributed by atoms with E-state index in [2.05, 4.69) is 18.8 Å². The zero-order chi connectivity index (χ0) is 18.0. The van der Waals surface area contributed by atoms with Crippen molar-refractivity contribution in [3.63, 3.8) is 0 Å². The van der Waals surface area contributed by atoms with Gasteiger partial charge >= 0.3 is 0 Å². The Morgan fingerprint density at radius 1 is 1.48 bits per heavy atom. The normalized spacial score (nSPS) is 16.3. The third kappa shape index (κ3) is 3.95. The summed E-state index contributed by atoms with van der Waals surface area (Å²) in [6, 6.07) is 5.76. The SMILES string of the molecule is COc1ccc2c(c1)OC[C@H](C(=O)N(C)Cc1csc(C(C)C)n1)C2. The molecule has 0 spiro atoms. The number of carbonyl (C=O) groups is 1. The van der Waals surface area contributed by atoms with Crippen LogP contribution in [0, 0.1) is 5.92 Å². The molecule has 25 heavy (non-hydrogen) atoms. The van der Waals surface area contributed by atoms with Crippen molar-refractivity contribution in [3.05, 3.63) is 39.8 Å². The molecule has 1 amide bonds. The summed E-state index contributed by atoms with van der Waals surface area (Å²) in [6.45, 7) is 5.19. The van der Waals surface area contributed by atoms with Gasteiger partial charge in [0.15, 0.2) is 0 Å². The number of methoxy groups -OCH3 is 1. The van der Waals surface area contributed by atoms with Crippen LogP contribution >= 0.6 is 11.3 Å². The number of nitrogens with zero attached hydrogens (tertiary/aromatic N) is 2. The fourth-order valence-electron chi connectivity index (χ4n) is 2.93. The van der Waals surface area contributed by atoms with Crippen molar-refractivity contribution in [2.24, 2.45) is 5.92 Å². The maximum Gasteiger partial charge on any atom is 0.229 e. The molecular weight excluding hydrogens is 336 g/mol. The number of aromatic nitrogens is 1. The number of fused-ring (bicyclic) bond motifs is 1. The minimum absolute atomic E-state index is 0.0977. The van der Waals surface area contributed by atoms with Crippen LogP contribution in [-0.2, 0) is 17.8 Å². The Kier molecular flexibility index (Phi) is 5.27. The molecule has 0 fully saturated rings. The number of ether oxygens (including phenoxy) is 2. The lowest BCUT2D eigenvalue weighted by molar-refractivity contribution is -0.136. The second kappa shape index (κ2) is 7.44. The number of rotatable bonds is 5. The van der Waals surface area contributed by atoms with E-state index in [1.54, 1.807) is 23.3 Å². The van der Waals surface area contributed by atoms with Gasteiger partial charge in [0, 0.05) is 24.4 Å². The minimum atomic E-state index is -0.158. The lowest BCUT2D eigenvalue weighted by Crippen LogP contribution is -2.38. The fourth-order valence-corrected chi connectivity index (χ4v) is 3.76. The number of hydrogen-bond donors (Lipinski definition) is 0. The van der Waals surface area contributed by atoms with Gasteiger partial charge in [-0.25, -0.2) is 4.98 Å². The standard InChI is InChI=1S/C19H24N2O3S/c1-12(2)18-20-15(11-25-18)9-21(3)19(22)14-7-13-5-6-16(23-4)8-17(13)24-10-14/h5-6,8,11-12,14H,7,9-10H2,1-4H3/t14-/m1/s1. The van der Waals surface area contributed by atoms with E-state index >= 15 is 0 Å². The monoisotopic (exact) mass is 360 g/mol. The van der Waals surface area contributed by atoms with E-state index in [-0.39, 0.29) is 11.8 Å². The average molecular weight is 360 g/mol. The van der Waals surface area contributed by atoms with Crippen molar-refractivity contribution < 1.29 is 14.3 Å². The summed E-state index contributed by atoms with van der Waals surface area (Å²) in [5.74, 6) is 1.94. The molecule has 134 valence electrons. The van der Waals surface area contributed by atoms with Crippen LogP contribution in [0.15, 0.2) is 23.6 Å². The Labute approximate surface area is 152 Å². The highest BCUT2D eigenvalue weighted by Crippen LogP contribution is 2.31. The van der Waals surface area contributed by atoms with E-state index in [1.165, 1.54) is 0 Å². The Bertz CT molecular complexity index is 757. The van der Waals surface area contributed by atoms with Crippen LogP contribution in [0.1, 0.15) is 36.0 Å². The predicted molar refractivity (Wildman–Crippen MR) is 98.4 cm³/mol. The molecule has 2 aromatic rings. The van der Waals surface area contributed by atoms with E-state index < -0.39 is 0 Å². The van der Waals surface area contributed by atoms with Gasteiger partial charge in [0.05, 0.1) is 30.3 Å². The zero-order valence-electron chi connectivity index (χ0n) is 15.1. The molecule has 6 heteroatoms. The molecule has 0 saturated carbocycles. The van der Waals surface area contributed by atoms with Gasteiger partial charge in [0.1, 0.15) is 18.1 Å². The molecule has 1 atom stereocenters. The molecule has 2 heterocycles. The fraction of sp³-hybridized carbons (Fsp3) is 0.474. The van der Waals surface area contributed by atoms with Crippen LogP contribution in [0.2, 0.25) is 0 Å². The van der Waals surface area contributed by atoms with Crippen LogP contribution in [0.25, 0.3) is 0 Å². The summed E-state index contributed by atoms with van der Waals surface area (Å²) in [6.07, 6.45) is 0.691. The second-order valence-electron chi connectivity index (χ2n) is 6.71. The van der Waals surface area contributed by atoms with Crippen LogP contribution in [0.5, 0.6) is 11.5 Å². The number of amides is 1. The molecular formula is C19H24N2O3S. The van der Waals surface area contributed by atoms with Crippen LogP contribution in [0.4, 0.5) is 0 Å². The molecule has 0 aliphatic carbocycles. The van der Waals surface area contributed by atoms with Crippen molar-refractivity contribution in [2.45, 2.75) is 32.7 Å². The number of carbonyl (C=O) groups excluding carboxylic acids is 1. The van der Waals surface area contributed by atoms with Crippen LogP contribution < -0.4 is 9.47 Å². The van der Waals surface area contributed by atoms with E-state index in [0.717, 1.165) is 27.8 Å². The van der Waals surface area contributed by atoms with Gasteiger partial charge in [-0.3, -0.25) is 4.79 Å². The van der Waals surface area contributed by atoms with Gasteiger partial charge in [0.2, 0.25) is 5.91 Å². The van der Waals surface area contributed by atoms with Gasteiger partial charge < -0.3 is 14.4 Å². The highest BCUT2D eigenvalue weighted by molar-refractivity contribution is 7.09. The van der Waals surface area contributed by atoms with E-state index in [0.29, 0.717) is 25.5 Å². The van der Waals surface area contributed by atoms with Gasteiger partial charge in [0.25, 0.3) is 0 Å². The maximum absolute atomic E-state index is 12.8. The summed E-state index contributed by atoms with van der Waals surface area (Å²) < 4.78 is 11.0. The maximum atomic E-state index is 12.8. The predicted octanol–water partition coefficient (Wildman–Crippen LogP) is 3.48. The summed E-state index contributed by atoms with van der Waals surface area (Å²) >= 11 is 1.66. The molecule has 0 saturated heterocycles. The highest BCUT2D eigenvalue weighted by atomic mass is 32.1.